The maximum atomic E-state index is 11.6. The van der Waals surface area contributed by atoms with Gasteiger partial charge in [0.15, 0.2) is 0 Å². The van der Waals surface area contributed by atoms with Crippen LogP contribution in [-0.4, -0.2) is 31.6 Å². The fraction of sp³-hybridized carbons (Fsp3) is 0.562. The molecular formula is C16H23N3O. The number of amides is 1. The zero-order valence-electron chi connectivity index (χ0n) is 11.9. The minimum Gasteiger partial charge on any atom is -0.382 e. The Kier molecular flexibility index (Phi) is 4.09. The summed E-state index contributed by atoms with van der Waals surface area (Å²) in [6.07, 6.45) is 5.26. The Bertz CT molecular complexity index is 469. The molecule has 1 aromatic rings. The molecule has 2 heterocycles. The van der Waals surface area contributed by atoms with Crippen molar-refractivity contribution >= 4 is 17.3 Å². The molecule has 0 spiro atoms. The molecule has 4 heteroatoms. The maximum absolute atomic E-state index is 11.6. The molecular weight excluding hydrogens is 250 g/mol. The maximum Gasteiger partial charge on any atom is 0.222 e. The van der Waals surface area contributed by atoms with E-state index < -0.39 is 0 Å². The van der Waals surface area contributed by atoms with Crippen LogP contribution in [-0.2, 0) is 4.79 Å². The van der Waals surface area contributed by atoms with Gasteiger partial charge < -0.3 is 15.5 Å². The molecule has 20 heavy (non-hydrogen) atoms. The number of anilines is 2. The van der Waals surface area contributed by atoms with Crippen molar-refractivity contribution in [1.29, 1.82) is 0 Å². The molecule has 0 aromatic heterocycles. The first kappa shape index (κ1) is 13.3. The van der Waals surface area contributed by atoms with Gasteiger partial charge in [-0.25, -0.2) is 0 Å². The van der Waals surface area contributed by atoms with Gasteiger partial charge in [0.25, 0.3) is 0 Å². The number of rotatable bonds is 3. The summed E-state index contributed by atoms with van der Waals surface area (Å²) >= 11 is 0. The van der Waals surface area contributed by atoms with Crippen molar-refractivity contribution in [3.63, 3.8) is 0 Å². The van der Waals surface area contributed by atoms with Gasteiger partial charge in [0.2, 0.25) is 5.91 Å². The summed E-state index contributed by atoms with van der Waals surface area (Å²) in [5.41, 5.74) is 2.43. The predicted molar refractivity (Wildman–Crippen MR) is 82.2 cm³/mol. The quantitative estimate of drug-likeness (QED) is 0.888. The van der Waals surface area contributed by atoms with Crippen LogP contribution < -0.4 is 15.5 Å². The van der Waals surface area contributed by atoms with E-state index in [4.69, 9.17) is 0 Å². The lowest BCUT2D eigenvalue weighted by molar-refractivity contribution is -0.120. The summed E-state index contributed by atoms with van der Waals surface area (Å²) in [5.74, 6) is 0.163. The fourth-order valence-electron chi connectivity index (χ4n) is 3.10. The molecule has 3 rings (SSSR count). The normalized spacial score (nSPS) is 23.3. The van der Waals surface area contributed by atoms with Gasteiger partial charge >= 0.3 is 0 Å². The summed E-state index contributed by atoms with van der Waals surface area (Å²) in [5, 5.41) is 6.46. The lowest BCUT2D eigenvalue weighted by Crippen LogP contribution is -2.27. The van der Waals surface area contributed by atoms with Crippen LogP contribution in [0.3, 0.4) is 0 Å². The van der Waals surface area contributed by atoms with Gasteiger partial charge in [-0.3, -0.25) is 4.79 Å². The van der Waals surface area contributed by atoms with Crippen molar-refractivity contribution in [1.82, 2.24) is 5.32 Å². The highest BCUT2D eigenvalue weighted by molar-refractivity contribution is 5.77. The van der Waals surface area contributed by atoms with E-state index in [2.05, 4.69) is 39.8 Å². The van der Waals surface area contributed by atoms with Crippen molar-refractivity contribution in [2.75, 3.05) is 29.9 Å². The molecule has 0 radical (unpaired) electrons. The summed E-state index contributed by atoms with van der Waals surface area (Å²) in [4.78, 5) is 14.0. The second kappa shape index (κ2) is 6.16. The minimum atomic E-state index is 0.163. The Morgan fingerprint density at radius 1 is 1.20 bits per heavy atom. The van der Waals surface area contributed by atoms with Gasteiger partial charge in [-0.15, -0.1) is 0 Å². The summed E-state index contributed by atoms with van der Waals surface area (Å²) in [6, 6.07) is 8.85. The lowest BCUT2D eigenvalue weighted by atomic mass is 10.1. The Balaban J connectivity index is 1.67. The van der Waals surface area contributed by atoms with Crippen molar-refractivity contribution in [2.24, 2.45) is 0 Å². The molecule has 1 aromatic carbocycles. The van der Waals surface area contributed by atoms with Crippen molar-refractivity contribution < 1.29 is 4.79 Å². The Labute approximate surface area is 120 Å². The number of hydrogen-bond acceptors (Lipinski definition) is 3. The van der Waals surface area contributed by atoms with E-state index in [1.165, 1.54) is 18.5 Å². The molecule has 1 amide bonds. The fourth-order valence-corrected chi connectivity index (χ4v) is 3.10. The summed E-state index contributed by atoms with van der Waals surface area (Å²) in [7, 11) is 0. The highest BCUT2D eigenvalue weighted by Crippen LogP contribution is 2.24. The molecule has 1 atom stereocenters. The van der Waals surface area contributed by atoms with Crippen LogP contribution in [0.5, 0.6) is 0 Å². The first-order valence-electron chi connectivity index (χ1n) is 7.69. The molecule has 4 nitrogen and oxygen atoms in total. The molecule has 1 unspecified atom stereocenters. The second-order valence-corrected chi connectivity index (χ2v) is 5.78. The van der Waals surface area contributed by atoms with Gasteiger partial charge in [-0.2, -0.15) is 0 Å². The van der Waals surface area contributed by atoms with E-state index in [9.17, 15) is 4.79 Å². The van der Waals surface area contributed by atoms with Crippen LogP contribution in [0.25, 0.3) is 0 Å². The van der Waals surface area contributed by atoms with Gasteiger partial charge in [0.1, 0.15) is 0 Å². The third-order valence-electron chi connectivity index (χ3n) is 4.17. The standard InChI is InChI=1S/C16H23N3O/c20-16-12-14(6-4-8-17-16)18-13-5-3-7-15(11-13)19-9-1-2-10-19/h3,5,7,11,14,18H,1-2,4,6,8-10,12H2,(H,17,20). The zero-order valence-corrected chi connectivity index (χ0v) is 11.9. The average Bonchev–Trinajstić information content (AvgIpc) is 2.91. The molecule has 2 aliphatic rings. The largest absolute Gasteiger partial charge is 0.382 e. The second-order valence-electron chi connectivity index (χ2n) is 5.78. The van der Waals surface area contributed by atoms with Crippen LogP contribution in [0.15, 0.2) is 24.3 Å². The highest BCUT2D eigenvalue weighted by atomic mass is 16.1. The predicted octanol–water partition coefficient (Wildman–Crippen LogP) is 2.37. The lowest BCUT2D eigenvalue weighted by Gasteiger charge is -2.21. The molecule has 0 aliphatic carbocycles. The van der Waals surface area contributed by atoms with Crippen LogP contribution in [0.2, 0.25) is 0 Å². The Morgan fingerprint density at radius 2 is 2.05 bits per heavy atom. The van der Waals surface area contributed by atoms with E-state index in [1.54, 1.807) is 0 Å². The monoisotopic (exact) mass is 273 g/mol. The molecule has 2 saturated heterocycles. The first-order chi connectivity index (χ1) is 9.81. The zero-order chi connectivity index (χ0) is 13.8. The summed E-state index contributed by atoms with van der Waals surface area (Å²) in [6.45, 7) is 3.13. The van der Waals surface area contributed by atoms with E-state index in [0.717, 1.165) is 38.2 Å². The molecule has 0 saturated carbocycles. The first-order valence-corrected chi connectivity index (χ1v) is 7.69. The number of nitrogens with one attached hydrogen (secondary N) is 2. The molecule has 2 aliphatic heterocycles. The van der Waals surface area contributed by atoms with E-state index in [-0.39, 0.29) is 11.9 Å². The molecule has 2 N–H and O–H groups in total. The number of carbonyl (C=O) groups excluding carboxylic acids is 1. The van der Waals surface area contributed by atoms with E-state index in [1.807, 2.05) is 0 Å². The highest BCUT2D eigenvalue weighted by Gasteiger charge is 2.18. The number of benzene rings is 1. The van der Waals surface area contributed by atoms with Gasteiger partial charge in [-0.05, 0) is 43.9 Å². The van der Waals surface area contributed by atoms with Crippen LogP contribution >= 0.6 is 0 Å². The van der Waals surface area contributed by atoms with Crippen LogP contribution in [0.4, 0.5) is 11.4 Å². The van der Waals surface area contributed by atoms with Gasteiger partial charge in [-0.1, -0.05) is 6.07 Å². The average molecular weight is 273 g/mol. The number of carbonyl (C=O) groups is 1. The van der Waals surface area contributed by atoms with Gasteiger partial charge in [0.05, 0.1) is 0 Å². The van der Waals surface area contributed by atoms with Crippen LogP contribution in [0, 0.1) is 0 Å². The summed E-state index contributed by atoms with van der Waals surface area (Å²) < 4.78 is 0. The SMILES string of the molecule is O=C1CC(Nc2cccc(N3CCCC3)c2)CCCN1. The van der Waals surface area contributed by atoms with Gasteiger partial charge in [0, 0.05) is 43.5 Å². The molecule has 0 bridgehead atoms. The number of nitrogens with zero attached hydrogens (tertiary/aromatic N) is 1. The van der Waals surface area contributed by atoms with E-state index >= 15 is 0 Å². The van der Waals surface area contributed by atoms with Crippen molar-refractivity contribution in [3.05, 3.63) is 24.3 Å². The third-order valence-corrected chi connectivity index (χ3v) is 4.17. The number of hydrogen-bond donors (Lipinski definition) is 2. The van der Waals surface area contributed by atoms with Crippen molar-refractivity contribution in [2.45, 2.75) is 38.1 Å². The Hall–Kier alpha value is -1.71. The molecule has 2 fully saturated rings. The van der Waals surface area contributed by atoms with Crippen LogP contribution in [0.1, 0.15) is 32.1 Å². The Morgan fingerprint density at radius 3 is 2.90 bits per heavy atom. The van der Waals surface area contributed by atoms with Crippen molar-refractivity contribution in [3.8, 4) is 0 Å². The smallest absolute Gasteiger partial charge is 0.222 e. The molecule has 108 valence electrons. The topological polar surface area (TPSA) is 44.4 Å². The minimum absolute atomic E-state index is 0.163. The third kappa shape index (κ3) is 3.24. The van der Waals surface area contributed by atoms with E-state index in [0.29, 0.717) is 6.42 Å².